The molecule has 0 bridgehead atoms. The van der Waals surface area contributed by atoms with Gasteiger partial charge in [0, 0.05) is 37.1 Å². The van der Waals surface area contributed by atoms with Crippen LogP contribution in [0.5, 0.6) is 0 Å². The number of anilines is 2. The molecule has 31 heavy (non-hydrogen) atoms. The van der Waals surface area contributed by atoms with Crippen LogP contribution in [0, 0.1) is 5.92 Å². The van der Waals surface area contributed by atoms with Gasteiger partial charge in [0.05, 0.1) is 23.1 Å². The molecule has 1 aromatic carbocycles. The Kier molecular flexibility index (Phi) is 5.42. The molecule has 3 aromatic rings. The summed E-state index contributed by atoms with van der Waals surface area (Å²) in [6.45, 7) is 0.463. The van der Waals surface area contributed by atoms with Crippen LogP contribution in [0.1, 0.15) is 12.1 Å². The molecule has 0 radical (unpaired) electrons. The van der Waals surface area contributed by atoms with Gasteiger partial charge in [-0.3, -0.25) is 24.0 Å². The molecule has 1 aliphatic heterocycles. The van der Waals surface area contributed by atoms with Gasteiger partial charge in [0.25, 0.3) is 10.0 Å². The second-order valence-electron chi connectivity index (χ2n) is 7.06. The van der Waals surface area contributed by atoms with Crippen molar-refractivity contribution in [1.29, 1.82) is 0 Å². The number of carbonyl (C=O) groups is 2. The molecule has 1 amide bonds. The van der Waals surface area contributed by atoms with Gasteiger partial charge >= 0.3 is 5.97 Å². The van der Waals surface area contributed by atoms with E-state index in [9.17, 15) is 18.0 Å². The largest absolute Gasteiger partial charge is 0.481 e. The van der Waals surface area contributed by atoms with Crippen molar-refractivity contribution in [3.63, 3.8) is 0 Å². The Hall–Kier alpha value is -3.73. The predicted molar refractivity (Wildman–Crippen MR) is 111 cm³/mol. The van der Waals surface area contributed by atoms with Crippen LogP contribution in [0.3, 0.4) is 0 Å². The van der Waals surface area contributed by atoms with E-state index < -0.39 is 21.9 Å². The molecule has 1 aliphatic rings. The Bertz CT molecular complexity index is 1210. The van der Waals surface area contributed by atoms with E-state index in [0.29, 0.717) is 12.2 Å². The Morgan fingerprint density at radius 1 is 1.16 bits per heavy atom. The highest BCUT2D eigenvalue weighted by atomic mass is 32.2. The van der Waals surface area contributed by atoms with E-state index in [4.69, 9.17) is 5.11 Å². The Morgan fingerprint density at radius 2 is 1.94 bits per heavy atom. The van der Waals surface area contributed by atoms with E-state index in [-0.39, 0.29) is 29.6 Å². The zero-order valence-electron chi connectivity index (χ0n) is 16.2. The van der Waals surface area contributed by atoms with Gasteiger partial charge < -0.3 is 10.0 Å². The van der Waals surface area contributed by atoms with Crippen molar-refractivity contribution in [2.75, 3.05) is 16.2 Å². The minimum absolute atomic E-state index is 0.00282. The third-order valence-electron chi connectivity index (χ3n) is 4.86. The molecule has 0 aliphatic carbocycles. The summed E-state index contributed by atoms with van der Waals surface area (Å²) in [5.74, 6) is -1.93. The summed E-state index contributed by atoms with van der Waals surface area (Å²) in [5, 5.41) is 13.3. The van der Waals surface area contributed by atoms with E-state index in [1.165, 1.54) is 29.2 Å². The number of benzene rings is 1. The Morgan fingerprint density at radius 3 is 2.58 bits per heavy atom. The summed E-state index contributed by atoms with van der Waals surface area (Å²) in [4.78, 5) is 28.7. The molecule has 4 rings (SSSR count). The number of carbonyl (C=O) groups excluding carboxylic acids is 1. The maximum absolute atomic E-state index is 12.7. The molecule has 0 unspecified atom stereocenters. The highest BCUT2D eigenvalue weighted by molar-refractivity contribution is 7.92. The summed E-state index contributed by atoms with van der Waals surface area (Å²) in [5.41, 5.74) is 1.24. The maximum atomic E-state index is 12.7. The number of nitrogens with one attached hydrogen (secondary N) is 1. The van der Waals surface area contributed by atoms with E-state index >= 15 is 0 Å². The molecular weight excluding hydrogens is 422 g/mol. The number of aromatic nitrogens is 3. The molecule has 10 nitrogen and oxygen atoms in total. The molecule has 11 heteroatoms. The van der Waals surface area contributed by atoms with Gasteiger partial charge in [-0.05, 0) is 36.4 Å². The van der Waals surface area contributed by atoms with Crippen molar-refractivity contribution >= 4 is 33.4 Å². The van der Waals surface area contributed by atoms with Crippen LogP contribution in [-0.2, 0) is 26.2 Å². The lowest BCUT2D eigenvalue weighted by atomic mass is 10.1. The van der Waals surface area contributed by atoms with Crippen LogP contribution in [0.25, 0.3) is 0 Å². The molecule has 2 aromatic heterocycles. The first-order valence-corrected chi connectivity index (χ1v) is 10.9. The second kappa shape index (κ2) is 8.19. The first-order chi connectivity index (χ1) is 14.8. The Labute approximate surface area is 178 Å². The fraction of sp³-hybridized carbons (Fsp3) is 0.200. The lowest BCUT2D eigenvalue weighted by Crippen LogP contribution is -2.25. The quantitative estimate of drug-likeness (QED) is 0.568. The van der Waals surface area contributed by atoms with Crippen LogP contribution in [0.4, 0.5) is 11.5 Å². The topological polar surface area (TPSA) is 134 Å². The molecular formula is C20H19N5O5S. The smallest absolute Gasteiger partial charge is 0.308 e. The van der Waals surface area contributed by atoms with E-state index in [2.05, 4.69) is 14.8 Å². The molecule has 160 valence electrons. The SMILES string of the molecule is O=C(O)[C@@H]1CC(=O)N(c2ccc(S(=O)(=O)Nc3ccn(Cc4ccccn4)n3)cc2)C1. The van der Waals surface area contributed by atoms with Crippen LogP contribution in [0.15, 0.2) is 65.8 Å². The van der Waals surface area contributed by atoms with Crippen LogP contribution in [0.2, 0.25) is 0 Å². The third-order valence-corrected chi connectivity index (χ3v) is 6.23. The molecule has 3 heterocycles. The van der Waals surface area contributed by atoms with Gasteiger partial charge in [0.1, 0.15) is 0 Å². The number of sulfonamides is 1. The lowest BCUT2D eigenvalue weighted by Gasteiger charge is -2.16. The van der Waals surface area contributed by atoms with Crippen LogP contribution in [-0.4, -0.2) is 46.7 Å². The van der Waals surface area contributed by atoms with Gasteiger partial charge in [-0.1, -0.05) is 6.07 Å². The first-order valence-electron chi connectivity index (χ1n) is 9.41. The first kappa shape index (κ1) is 20.5. The second-order valence-corrected chi connectivity index (χ2v) is 8.75. The number of amides is 1. The summed E-state index contributed by atoms with van der Waals surface area (Å²) in [7, 11) is -3.89. The minimum atomic E-state index is -3.89. The van der Waals surface area contributed by atoms with Crippen molar-refractivity contribution in [3.05, 3.63) is 66.6 Å². The molecule has 0 saturated carbocycles. The average molecular weight is 441 g/mol. The zero-order chi connectivity index (χ0) is 22.0. The van der Waals surface area contributed by atoms with Crippen LogP contribution >= 0.6 is 0 Å². The summed E-state index contributed by atoms with van der Waals surface area (Å²) < 4.78 is 29.3. The summed E-state index contributed by atoms with van der Waals surface area (Å²) >= 11 is 0. The molecule has 0 spiro atoms. The monoisotopic (exact) mass is 441 g/mol. The summed E-state index contributed by atoms with van der Waals surface area (Å²) in [6.07, 6.45) is 3.25. The number of rotatable bonds is 7. The number of carboxylic acid groups (broad SMARTS) is 1. The molecule has 2 N–H and O–H groups in total. The standard InChI is InChI=1S/C20H19N5O5S/c26-19-11-14(20(27)28)12-25(19)16-4-6-17(7-5-16)31(29,30)23-18-8-10-24(22-18)13-15-3-1-2-9-21-15/h1-10,14H,11-13H2,(H,22,23)(H,27,28)/t14-/m1/s1. The molecule has 1 fully saturated rings. The minimum Gasteiger partial charge on any atom is -0.481 e. The van der Waals surface area contributed by atoms with Gasteiger partial charge in [0.2, 0.25) is 5.91 Å². The average Bonchev–Trinajstić information content (AvgIpc) is 3.35. The highest BCUT2D eigenvalue weighted by Crippen LogP contribution is 2.26. The van der Waals surface area contributed by atoms with E-state index in [1.807, 2.05) is 18.2 Å². The van der Waals surface area contributed by atoms with Crippen molar-refractivity contribution in [2.45, 2.75) is 17.9 Å². The number of hydrogen-bond acceptors (Lipinski definition) is 6. The van der Waals surface area contributed by atoms with E-state index in [1.54, 1.807) is 23.1 Å². The van der Waals surface area contributed by atoms with Crippen molar-refractivity contribution in [3.8, 4) is 0 Å². The third kappa shape index (κ3) is 4.56. The molecule has 1 atom stereocenters. The summed E-state index contributed by atoms with van der Waals surface area (Å²) in [6, 6.07) is 12.7. The number of pyridine rings is 1. The van der Waals surface area contributed by atoms with Crippen molar-refractivity contribution in [1.82, 2.24) is 14.8 Å². The fourth-order valence-electron chi connectivity index (χ4n) is 3.29. The normalized spacial score (nSPS) is 16.5. The zero-order valence-corrected chi connectivity index (χ0v) is 17.1. The van der Waals surface area contributed by atoms with E-state index in [0.717, 1.165) is 5.69 Å². The maximum Gasteiger partial charge on any atom is 0.308 e. The van der Waals surface area contributed by atoms with Gasteiger partial charge in [-0.25, -0.2) is 8.42 Å². The highest BCUT2D eigenvalue weighted by Gasteiger charge is 2.35. The van der Waals surface area contributed by atoms with Gasteiger partial charge in [-0.15, -0.1) is 0 Å². The van der Waals surface area contributed by atoms with Crippen molar-refractivity contribution in [2.24, 2.45) is 5.92 Å². The van der Waals surface area contributed by atoms with Crippen LogP contribution < -0.4 is 9.62 Å². The molecule has 1 saturated heterocycles. The van der Waals surface area contributed by atoms with Crippen molar-refractivity contribution < 1.29 is 23.1 Å². The number of carboxylic acids is 1. The number of hydrogen-bond donors (Lipinski definition) is 2. The van der Waals surface area contributed by atoms with Gasteiger partial charge in [0.15, 0.2) is 5.82 Å². The Balaban J connectivity index is 1.45. The number of nitrogens with zero attached hydrogens (tertiary/aromatic N) is 4. The lowest BCUT2D eigenvalue weighted by molar-refractivity contribution is -0.141. The predicted octanol–water partition coefficient (Wildman–Crippen LogP) is 1.56. The van der Waals surface area contributed by atoms with Gasteiger partial charge in [-0.2, -0.15) is 5.10 Å². The fourth-order valence-corrected chi connectivity index (χ4v) is 4.28. The number of aliphatic carboxylic acids is 1.